The molecule has 2 heterocycles. The summed E-state index contributed by atoms with van der Waals surface area (Å²) in [6.45, 7) is 0.998. The number of aromatic nitrogens is 1. The summed E-state index contributed by atoms with van der Waals surface area (Å²) in [6.07, 6.45) is 4.25. The second kappa shape index (κ2) is 13.1. The number of furan rings is 1. The van der Waals surface area contributed by atoms with Crippen molar-refractivity contribution in [3.8, 4) is 5.75 Å². The van der Waals surface area contributed by atoms with Crippen molar-refractivity contribution in [3.05, 3.63) is 120 Å². The summed E-state index contributed by atoms with van der Waals surface area (Å²) in [7, 11) is 5.56. The summed E-state index contributed by atoms with van der Waals surface area (Å²) >= 11 is 0. The summed E-state index contributed by atoms with van der Waals surface area (Å²) in [6, 6.07) is 26.9. The molecule has 2 aromatic heterocycles. The van der Waals surface area contributed by atoms with Crippen molar-refractivity contribution in [1.29, 1.82) is 0 Å². The van der Waals surface area contributed by atoms with Crippen LogP contribution in [0.4, 0.5) is 5.69 Å². The van der Waals surface area contributed by atoms with Crippen molar-refractivity contribution < 1.29 is 18.7 Å². The first-order valence-corrected chi connectivity index (χ1v) is 14.0. The maximum Gasteiger partial charge on any atom is 0.254 e. The number of nitrogens with zero attached hydrogens (tertiary/aromatic N) is 3. The first-order chi connectivity index (χ1) is 20.4. The number of hydrogen-bond acceptors (Lipinski definition) is 5. The van der Waals surface area contributed by atoms with Gasteiger partial charge in [0.05, 0.1) is 19.9 Å². The topological polar surface area (TPSA) is 82.0 Å². The van der Waals surface area contributed by atoms with Crippen LogP contribution in [0.5, 0.6) is 5.75 Å². The predicted molar refractivity (Wildman–Crippen MR) is 165 cm³/mol. The number of H-pyrrole nitrogens is 1. The molecule has 0 saturated carbocycles. The van der Waals surface area contributed by atoms with E-state index in [9.17, 15) is 9.59 Å². The number of amides is 2. The molecule has 216 valence electrons. The molecule has 8 heteroatoms. The SMILES string of the molecule is COc1cccc(C(=O)N(CC(=O)N(CCc2c[nH]c3ccccc23)Cc2ccc(N(C)C)cc2)Cc2ccco2)c1. The van der Waals surface area contributed by atoms with Crippen molar-refractivity contribution in [2.45, 2.75) is 19.5 Å². The van der Waals surface area contributed by atoms with Crippen LogP contribution in [0.3, 0.4) is 0 Å². The van der Waals surface area contributed by atoms with E-state index in [4.69, 9.17) is 9.15 Å². The maximum absolute atomic E-state index is 14.0. The van der Waals surface area contributed by atoms with E-state index in [1.54, 1.807) is 49.8 Å². The van der Waals surface area contributed by atoms with Crippen LogP contribution in [0.2, 0.25) is 0 Å². The van der Waals surface area contributed by atoms with E-state index in [1.807, 2.05) is 72.6 Å². The predicted octanol–water partition coefficient (Wildman–Crippen LogP) is 5.75. The molecule has 0 aliphatic rings. The molecule has 1 N–H and O–H groups in total. The molecule has 3 aromatic carbocycles. The third kappa shape index (κ3) is 6.83. The lowest BCUT2D eigenvalue weighted by Crippen LogP contribution is -2.43. The molecule has 0 saturated heterocycles. The third-order valence-corrected chi connectivity index (χ3v) is 7.36. The fourth-order valence-corrected chi connectivity index (χ4v) is 5.00. The number of nitrogens with one attached hydrogen (secondary N) is 1. The molecule has 2 amide bonds. The number of anilines is 1. The molecule has 5 aromatic rings. The number of hydrogen-bond donors (Lipinski definition) is 1. The van der Waals surface area contributed by atoms with Gasteiger partial charge in [0.1, 0.15) is 18.1 Å². The lowest BCUT2D eigenvalue weighted by Gasteiger charge is -2.28. The highest BCUT2D eigenvalue weighted by atomic mass is 16.5. The second-order valence-electron chi connectivity index (χ2n) is 10.5. The van der Waals surface area contributed by atoms with E-state index in [2.05, 4.69) is 11.1 Å². The Balaban J connectivity index is 1.40. The molecule has 5 rings (SSSR count). The van der Waals surface area contributed by atoms with Crippen LogP contribution in [0.1, 0.15) is 27.2 Å². The van der Waals surface area contributed by atoms with E-state index in [1.165, 1.54) is 4.90 Å². The molecule has 8 nitrogen and oxygen atoms in total. The Kier molecular flexibility index (Phi) is 8.92. The average Bonchev–Trinajstić information content (AvgIpc) is 3.69. The number of methoxy groups -OCH3 is 1. The van der Waals surface area contributed by atoms with E-state index >= 15 is 0 Å². The Labute approximate surface area is 246 Å². The largest absolute Gasteiger partial charge is 0.497 e. The van der Waals surface area contributed by atoms with E-state index < -0.39 is 0 Å². The lowest BCUT2D eigenvalue weighted by atomic mass is 10.1. The molecule has 0 spiro atoms. The summed E-state index contributed by atoms with van der Waals surface area (Å²) < 4.78 is 10.9. The quantitative estimate of drug-likeness (QED) is 0.209. The number of fused-ring (bicyclic) bond motifs is 1. The van der Waals surface area contributed by atoms with E-state index in [0.29, 0.717) is 36.6 Å². The summed E-state index contributed by atoms with van der Waals surface area (Å²) in [4.78, 5) is 36.4. The molecule has 0 radical (unpaired) electrons. The second-order valence-corrected chi connectivity index (χ2v) is 10.5. The van der Waals surface area contributed by atoms with Gasteiger partial charge in [-0.05, 0) is 66.1 Å². The minimum Gasteiger partial charge on any atom is -0.497 e. The number of carbonyl (C=O) groups excluding carboxylic acids is 2. The minimum atomic E-state index is -0.273. The van der Waals surface area contributed by atoms with Gasteiger partial charge in [0, 0.05) is 55.5 Å². The normalized spacial score (nSPS) is 10.9. The van der Waals surface area contributed by atoms with Gasteiger partial charge in [-0.25, -0.2) is 0 Å². The Hall–Kier alpha value is -4.98. The van der Waals surface area contributed by atoms with Gasteiger partial charge in [-0.15, -0.1) is 0 Å². The first kappa shape index (κ1) is 28.5. The van der Waals surface area contributed by atoms with Crippen LogP contribution in [0.25, 0.3) is 10.9 Å². The van der Waals surface area contributed by atoms with Crippen molar-refractivity contribution in [3.63, 3.8) is 0 Å². The fourth-order valence-electron chi connectivity index (χ4n) is 5.00. The minimum absolute atomic E-state index is 0.0968. The van der Waals surface area contributed by atoms with E-state index in [-0.39, 0.29) is 24.9 Å². The van der Waals surface area contributed by atoms with Gasteiger partial charge in [0.15, 0.2) is 0 Å². The van der Waals surface area contributed by atoms with Gasteiger partial charge in [-0.3, -0.25) is 9.59 Å². The molecule has 0 aliphatic heterocycles. The smallest absolute Gasteiger partial charge is 0.254 e. The molecule has 0 aliphatic carbocycles. The standard InChI is InChI=1S/C34H36N4O4/c1-36(2)28-15-13-25(14-16-28)22-37(18-17-27-21-35-32-12-5-4-11-31(27)32)33(39)24-38(23-30-10-7-19-42-30)34(40)26-8-6-9-29(20-26)41-3/h4-16,19-21,35H,17-18,22-24H2,1-3H3. The van der Waals surface area contributed by atoms with Crippen LogP contribution in [-0.4, -0.2) is 60.9 Å². The number of benzene rings is 3. The Morgan fingerprint density at radius 3 is 2.43 bits per heavy atom. The molecule has 42 heavy (non-hydrogen) atoms. The fraction of sp³-hybridized carbons (Fsp3) is 0.235. The third-order valence-electron chi connectivity index (χ3n) is 7.36. The number of para-hydroxylation sites is 1. The van der Waals surface area contributed by atoms with Crippen LogP contribution < -0.4 is 9.64 Å². The highest BCUT2D eigenvalue weighted by Gasteiger charge is 2.24. The molecule has 0 atom stereocenters. The molecule has 0 bridgehead atoms. The van der Waals surface area contributed by atoms with Gasteiger partial charge < -0.3 is 28.8 Å². The Morgan fingerprint density at radius 2 is 1.69 bits per heavy atom. The number of rotatable bonds is 12. The summed E-state index contributed by atoms with van der Waals surface area (Å²) in [5, 5.41) is 1.15. The first-order valence-electron chi connectivity index (χ1n) is 14.0. The van der Waals surface area contributed by atoms with E-state index in [0.717, 1.165) is 27.7 Å². The molecule has 0 unspecified atom stereocenters. The van der Waals surface area contributed by atoms with Gasteiger partial charge >= 0.3 is 0 Å². The Morgan fingerprint density at radius 1 is 0.881 bits per heavy atom. The van der Waals surface area contributed by atoms with Crippen LogP contribution in [-0.2, 0) is 24.3 Å². The van der Waals surface area contributed by atoms with Crippen molar-refractivity contribution in [1.82, 2.24) is 14.8 Å². The lowest BCUT2D eigenvalue weighted by molar-refractivity contribution is -0.132. The molecular weight excluding hydrogens is 528 g/mol. The zero-order chi connectivity index (χ0) is 29.5. The van der Waals surface area contributed by atoms with Crippen molar-refractivity contribution in [2.75, 3.05) is 39.2 Å². The van der Waals surface area contributed by atoms with Crippen molar-refractivity contribution in [2.24, 2.45) is 0 Å². The average molecular weight is 565 g/mol. The zero-order valence-electron chi connectivity index (χ0n) is 24.2. The van der Waals surface area contributed by atoms with Gasteiger partial charge in [-0.2, -0.15) is 0 Å². The monoisotopic (exact) mass is 564 g/mol. The molecular formula is C34H36N4O4. The number of carbonyl (C=O) groups is 2. The highest BCUT2D eigenvalue weighted by molar-refractivity contribution is 5.96. The van der Waals surface area contributed by atoms with Gasteiger partial charge in [0.2, 0.25) is 5.91 Å². The van der Waals surface area contributed by atoms with Crippen LogP contribution in [0, 0.1) is 0 Å². The summed E-state index contributed by atoms with van der Waals surface area (Å²) in [5.74, 6) is 0.759. The summed E-state index contributed by atoms with van der Waals surface area (Å²) in [5.41, 5.74) is 4.76. The zero-order valence-corrected chi connectivity index (χ0v) is 24.2. The Bertz CT molecular complexity index is 1620. The maximum atomic E-state index is 14.0. The van der Waals surface area contributed by atoms with Gasteiger partial charge in [-0.1, -0.05) is 36.4 Å². The van der Waals surface area contributed by atoms with Crippen LogP contribution in [0.15, 0.2) is 102 Å². The number of ether oxygens (including phenoxy) is 1. The molecule has 0 fully saturated rings. The van der Waals surface area contributed by atoms with Crippen LogP contribution >= 0.6 is 0 Å². The highest BCUT2D eigenvalue weighted by Crippen LogP contribution is 2.21. The van der Waals surface area contributed by atoms with Crippen molar-refractivity contribution >= 4 is 28.4 Å². The van der Waals surface area contributed by atoms with Gasteiger partial charge in [0.25, 0.3) is 5.91 Å². The number of aromatic amines is 1.